The molecule has 1 aromatic carbocycles. The first-order valence-corrected chi connectivity index (χ1v) is 9.24. The molecule has 0 amide bonds. The van der Waals surface area contributed by atoms with E-state index in [-0.39, 0.29) is 11.8 Å². The first-order chi connectivity index (χ1) is 9.80. The third-order valence-corrected chi connectivity index (χ3v) is 7.92. The zero-order valence-electron chi connectivity index (χ0n) is 10.9. The number of alkyl halides is 3. The molecule has 0 aliphatic heterocycles. The zero-order valence-corrected chi connectivity index (χ0v) is 14.0. The van der Waals surface area contributed by atoms with Gasteiger partial charge in [-0.25, -0.2) is 8.42 Å². The molecule has 1 unspecified atom stereocenters. The van der Waals surface area contributed by atoms with E-state index in [0.717, 1.165) is 17.6 Å². The first-order valence-electron chi connectivity index (χ1n) is 6.56. The quantitative estimate of drug-likeness (QED) is 0.577. The molecule has 6 heteroatoms. The van der Waals surface area contributed by atoms with E-state index in [1.807, 2.05) is 48.6 Å². The second-order valence-electron chi connectivity index (χ2n) is 5.36. The van der Waals surface area contributed by atoms with E-state index in [4.69, 9.17) is 34.8 Å². The van der Waals surface area contributed by atoms with Crippen LogP contribution in [0.25, 0.3) is 6.08 Å². The van der Waals surface area contributed by atoms with Crippen LogP contribution in [-0.2, 0) is 9.84 Å². The molecule has 1 aromatic rings. The number of allylic oxidation sites excluding steroid dienone is 2. The van der Waals surface area contributed by atoms with Crippen molar-refractivity contribution in [2.75, 3.05) is 0 Å². The van der Waals surface area contributed by atoms with Gasteiger partial charge in [0.25, 0.3) is 3.12 Å². The Morgan fingerprint density at radius 3 is 2.38 bits per heavy atom. The third kappa shape index (κ3) is 2.65. The van der Waals surface area contributed by atoms with Crippen LogP contribution in [0.3, 0.4) is 0 Å². The average Bonchev–Trinajstić information content (AvgIpc) is 2.99. The van der Waals surface area contributed by atoms with Gasteiger partial charge in [-0.15, -0.1) is 0 Å². The van der Waals surface area contributed by atoms with Crippen molar-refractivity contribution in [3.8, 4) is 0 Å². The molecule has 112 valence electrons. The van der Waals surface area contributed by atoms with Crippen LogP contribution in [0.5, 0.6) is 0 Å². The van der Waals surface area contributed by atoms with Crippen molar-refractivity contribution in [1.29, 1.82) is 0 Å². The largest absolute Gasteiger partial charge is 0.293 e. The summed E-state index contributed by atoms with van der Waals surface area (Å²) in [5.74, 6) is 0.00733. The van der Waals surface area contributed by atoms with E-state index >= 15 is 0 Å². The Hall–Kier alpha value is -0.480. The Balaban J connectivity index is 2.07. The predicted molar refractivity (Wildman–Crippen MR) is 88.2 cm³/mol. The fraction of sp³-hybridized carbons (Fsp3) is 0.333. The number of hydrogen-bond acceptors (Lipinski definition) is 2. The van der Waals surface area contributed by atoms with Crippen molar-refractivity contribution in [3.63, 3.8) is 0 Å². The van der Waals surface area contributed by atoms with Crippen molar-refractivity contribution >= 4 is 50.7 Å². The summed E-state index contributed by atoms with van der Waals surface area (Å²) in [6.07, 6.45) is 6.64. The lowest BCUT2D eigenvalue weighted by Crippen LogP contribution is -2.36. The van der Waals surface area contributed by atoms with Crippen molar-refractivity contribution in [2.45, 2.75) is 14.8 Å². The van der Waals surface area contributed by atoms with Gasteiger partial charge in [0.05, 0.1) is 5.25 Å². The Morgan fingerprint density at radius 2 is 1.76 bits per heavy atom. The first kappa shape index (κ1) is 15.4. The molecule has 0 spiro atoms. The van der Waals surface area contributed by atoms with E-state index in [0.29, 0.717) is 0 Å². The average molecular weight is 364 g/mol. The molecule has 0 saturated heterocycles. The summed E-state index contributed by atoms with van der Waals surface area (Å²) in [6, 6.07) is 9.60. The summed E-state index contributed by atoms with van der Waals surface area (Å²) in [5, 5.41) is -0.750. The lowest BCUT2D eigenvalue weighted by atomic mass is 9.98. The summed E-state index contributed by atoms with van der Waals surface area (Å²) in [7, 11) is -3.90. The molecule has 21 heavy (non-hydrogen) atoms. The summed E-state index contributed by atoms with van der Waals surface area (Å²) < 4.78 is 22.8. The van der Waals surface area contributed by atoms with E-state index in [1.54, 1.807) is 0 Å². The minimum absolute atomic E-state index is 0.106. The van der Waals surface area contributed by atoms with E-state index in [1.165, 1.54) is 0 Å². The van der Waals surface area contributed by atoms with Crippen molar-refractivity contribution in [3.05, 3.63) is 53.6 Å². The maximum atomic E-state index is 12.6. The molecule has 0 heterocycles. The minimum atomic E-state index is -3.90. The molecule has 2 aliphatic carbocycles. The van der Waals surface area contributed by atoms with Crippen molar-refractivity contribution < 1.29 is 8.42 Å². The van der Waals surface area contributed by atoms with Crippen LogP contribution in [0.1, 0.15) is 12.0 Å². The molecular weight excluding hydrogens is 351 g/mol. The monoisotopic (exact) mass is 362 g/mol. The standard InChI is InChI=1S/C15H13Cl3O2S/c16-15(17,18)21(19,20)14-12-7-6-11(9-12)13(14)8-10-4-2-1-3-5-10/h1-8,11-12,14H,9H2/b13-8-/t11-,12+,14?/m0/s1. The van der Waals surface area contributed by atoms with Crippen LogP contribution >= 0.6 is 34.8 Å². The fourth-order valence-corrected chi connectivity index (χ4v) is 5.56. The molecule has 0 aromatic heterocycles. The Labute approximate surface area is 139 Å². The highest BCUT2D eigenvalue weighted by Crippen LogP contribution is 2.51. The van der Waals surface area contributed by atoms with Crippen LogP contribution in [0.15, 0.2) is 48.1 Å². The second kappa shape index (κ2) is 5.31. The molecule has 1 saturated carbocycles. The van der Waals surface area contributed by atoms with E-state index in [2.05, 4.69) is 0 Å². The van der Waals surface area contributed by atoms with Gasteiger partial charge in [-0.2, -0.15) is 0 Å². The van der Waals surface area contributed by atoms with Gasteiger partial charge in [0, 0.05) is 0 Å². The predicted octanol–water partition coefficient (Wildman–Crippen LogP) is 4.39. The molecule has 3 rings (SSSR count). The van der Waals surface area contributed by atoms with Crippen LogP contribution < -0.4 is 0 Å². The Kier molecular flexibility index (Phi) is 3.90. The number of benzene rings is 1. The number of rotatable bonds is 2. The topological polar surface area (TPSA) is 34.1 Å². The summed E-state index contributed by atoms with van der Waals surface area (Å²) >= 11 is 17.1. The highest BCUT2D eigenvalue weighted by atomic mass is 35.6. The highest BCUT2D eigenvalue weighted by molar-refractivity contribution is 7.98. The molecule has 2 aliphatic rings. The molecule has 2 bridgehead atoms. The molecular formula is C15H13Cl3O2S. The maximum Gasteiger partial charge on any atom is 0.293 e. The van der Waals surface area contributed by atoms with Gasteiger partial charge in [-0.05, 0) is 29.4 Å². The molecule has 3 atom stereocenters. The summed E-state index contributed by atoms with van der Waals surface area (Å²) in [6.45, 7) is 0. The maximum absolute atomic E-state index is 12.6. The SMILES string of the molecule is O=S(=O)(C1/C(=C\c2ccccc2)[C@H]2C=C[C@@H]1C2)C(Cl)(Cl)Cl. The normalized spacial score (nSPS) is 30.2. The van der Waals surface area contributed by atoms with Gasteiger partial charge in [0.2, 0.25) is 9.84 Å². The molecule has 0 N–H and O–H groups in total. The molecule has 0 radical (unpaired) electrons. The van der Waals surface area contributed by atoms with E-state index in [9.17, 15) is 8.42 Å². The minimum Gasteiger partial charge on any atom is -0.224 e. The summed E-state index contributed by atoms with van der Waals surface area (Å²) in [5.41, 5.74) is 1.78. The number of hydrogen-bond donors (Lipinski definition) is 0. The lowest BCUT2D eigenvalue weighted by Gasteiger charge is -2.25. The number of halogens is 3. The zero-order chi connectivity index (χ0) is 15.3. The van der Waals surface area contributed by atoms with Gasteiger partial charge in [0.15, 0.2) is 0 Å². The molecule has 1 fully saturated rings. The van der Waals surface area contributed by atoms with Crippen LogP contribution in [-0.4, -0.2) is 16.8 Å². The Morgan fingerprint density at radius 1 is 1.10 bits per heavy atom. The van der Waals surface area contributed by atoms with Crippen LogP contribution in [0.2, 0.25) is 0 Å². The van der Waals surface area contributed by atoms with Gasteiger partial charge in [-0.3, -0.25) is 0 Å². The number of fused-ring (bicyclic) bond motifs is 2. The van der Waals surface area contributed by atoms with Gasteiger partial charge in [0.1, 0.15) is 0 Å². The number of sulfone groups is 1. The van der Waals surface area contributed by atoms with Gasteiger partial charge < -0.3 is 0 Å². The lowest BCUT2D eigenvalue weighted by molar-refractivity contribution is 0.573. The smallest absolute Gasteiger partial charge is 0.224 e. The highest BCUT2D eigenvalue weighted by Gasteiger charge is 2.54. The van der Waals surface area contributed by atoms with Gasteiger partial charge in [-0.1, -0.05) is 83.4 Å². The van der Waals surface area contributed by atoms with E-state index < -0.39 is 18.2 Å². The van der Waals surface area contributed by atoms with Crippen LogP contribution in [0, 0.1) is 11.8 Å². The van der Waals surface area contributed by atoms with Crippen LogP contribution in [0.4, 0.5) is 0 Å². The third-order valence-electron chi connectivity index (χ3n) is 4.05. The van der Waals surface area contributed by atoms with Crippen molar-refractivity contribution in [2.24, 2.45) is 11.8 Å². The molecule has 2 nitrogen and oxygen atoms in total. The fourth-order valence-electron chi connectivity index (χ4n) is 3.14. The second-order valence-corrected chi connectivity index (χ2v) is 10.5. The van der Waals surface area contributed by atoms with Gasteiger partial charge >= 0.3 is 0 Å². The van der Waals surface area contributed by atoms with Crippen molar-refractivity contribution in [1.82, 2.24) is 0 Å². The Bertz CT molecular complexity index is 702. The summed E-state index contributed by atoms with van der Waals surface area (Å²) in [4.78, 5) is 0.